The van der Waals surface area contributed by atoms with Gasteiger partial charge in [-0.15, -0.1) is 0 Å². The Hall–Kier alpha value is -1.92. The molecule has 0 fully saturated rings. The SMILES string of the molecule is CC(O)n1cc[n+](C)c1.O=C([S-])c1ccccc1O. The summed E-state index contributed by atoms with van der Waals surface area (Å²) in [5, 5.41) is 17.5. The van der Waals surface area contributed by atoms with Crippen molar-refractivity contribution in [2.75, 3.05) is 0 Å². The maximum absolute atomic E-state index is 10.5. The molecule has 0 spiro atoms. The van der Waals surface area contributed by atoms with Gasteiger partial charge < -0.3 is 27.6 Å². The Morgan fingerprint density at radius 3 is 2.37 bits per heavy atom. The van der Waals surface area contributed by atoms with Crippen molar-refractivity contribution in [1.29, 1.82) is 0 Å². The summed E-state index contributed by atoms with van der Waals surface area (Å²) in [7, 11) is 1.92. The highest BCUT2D eigenvalue weighted by Gasteiger charge is 2.03. The molecule has 6 heteroatoms. The average Bonchev–Trinajstić information content (AvgIpc) is 2.77. The van der Waals surface area contributed by atoms with Crippen LogP contribution >= 0.6 is 0 Å². The van der Waals surface area contributed by atoms with Crippen molar-refractivity contribution in [1.82, 2.24) is 4.57 Å². The molecular formula is C13H16N2O3S. The number of aromatic nitrogens is 2. The molecule has 0 aliphatic rings. The number of para-hydroxylation sites is 1. The van der Waals surface area contributed by atoms with Crippen molar-refractivity contribution in [3.05, 3.63) is 48.5 Å². The van der Waals surface area contributed by atoms with E-state index in [1.165, 1.54) is 12.1 Å². The topological polar surface area (TPSA) is 66.3 Å². The van der Waals surface area contributed by atoms with Gasteiger partial charge in [-0.3, -0.25) is 0 Å². The van der Waals surface area contributed by atoms with Gasteiger partial charge in [-0.25, -0.2) is 9.13 Å². The van der Waals surface area contributed by atoms with Gasteiger partial charge in [0.05, 0.1) is 7.05 Å². The van der Waals surface area contributed by atoms with Crippen LogP contribution in [-0.2, 0) is 19.7 Å². The molecule has 0 aliphatic heterocycles. The number of carbonyl (C=O) groups is 1. The van der Waals surface area contributed by atoms with E-state index in [9.17, 15) is 4.79 Å². The van der Waals surface area contributed by atoms with Crippen LogP contribution in [0.2, 0.25) is 0 Å². The maximum atomic E-state index is 10.5. The molecule has 0 saturated carbocycles. The molecule has 19 heavy (non-hydrogen) atoms. The van der Waals surface area contributed by atoms with Crippen molar-refractivity contribution in [3.8, 4) is 5.75 Å². The van der Waals surface area contributed by atoms with Crippen molar-refractivity contribution in [2.45, 2.75) is 13.2 Å². The molecule has 1 aromatic carbocycles. The summed E-state index contributed by atoms with van der Waals surface area (Å²) < 4.78 is 3.60. The molecule has 0 bridgehead atoms. The molecule has 5 nitrogen and oxygen atoms in total. The van der Waals surface area contributed by atoms with Gasteiger partial charge in [-0.1, -0.05) is 12.1 Å². The molecule has 1 aromatic heterocycles. The van der Waals surface area contributed by atoms with Crippen LogP contribution in [0.15, 0.2) is 43.0 Å². The highest BCUT2D eigenvalue weighted by Crippen LogP contribution is 2.14. The number of benzene rings is 1. The van der Waals surface area contributed by atoms with E-state index in [-0.39, 0.29) is 11.3 Å². The van der Waals surface area contributed by atoms with Crippen molar-refractivity contribution >= 4 is 17.7 Å². The average molecular weight is 280 g/mol. The van der Waals surface area contributed by atoms with E-state index in [0.717, 1.165) is 0 Å². The fourth-order valence-corrected chi connectivity index (χ4v) is 1.51. The monoisotopic (exact) mass is 280 g/mol. The van der Waals surface area contributed by atoms with E-state index in [2.05, 4.69) is 12.6 Å². The van der Waals surface area contributed by atoms with Crippen molar-refractivity contribution in [2.24, 2.45) is 7.05 Å². The van der Waals surface area contributed by atoms with E-state index in [4.69, 9.17) is 10.2 Å². The molecule has 2 rings (SSSR count). The number of nitrogens with zero attached hydrogens (tertiary/aromatic N) is 2. The third-order valence-corrected chi connectivity index (χ3v) is 2.56. The van der Waals surface area contributed by atoms with Crippen LogP contribution in [-0.4, -0.2) is 19.9 Å². The van der Waals surface area contributed by atoms with Crippen LogP contribution in [0.1, 0.15) is 23.5 Å². The first kappa shape index (κ1) is 15.1. The predicted octanol–water partition coefficient (Wildman–Crippen LogP) is 0.903. The number of aromatic hydroxyl groups is 1. The van der Waals surface area contributed by atoms with E-state index in [1.54, 1.807) is 23.6 Å². The summed E-state index contributed by atoms with van der Waals surface area (Å²) in [6, 6.07) is 6.21. The fraction of sp³-hybridized carbons (Fsp3) is 0.231. The Bertz CT molecular complexity index is 552. The molecule has 1 unspecified atom stereocenters. The molecule has 2 N–H and O–H groups in total. The lowest BCUT2D eigenvalue weighted by Crippen LogP contribution is -2.24. The number of aryl methyl sites for hydroxylation is 1. The summed E-state index contributed by atoms with van der Waals surface area (Å²) >= 11 is 4.33. The van der Waals surface area contributed by atoms with Gasteiger partial charge in [0.15, 0.2) is 6.23 Å². The predicted molar refractivity (Wildman–Crippen MR) is 72.3 cm³/mol. The van der Waals surface area contributed by atoms with E-state index >= 15 is 0 Å². The lowest BCUT2D eigenvalue weighted by molar-refractivity contribution is -0.671. The van der Waals surface area contributed by atoms with Gasteiger partial charge >= 0.3 is 0 Å². The first-order chi connectivity index (χ1) is 8.91. The standard InChI is InChI=1S/C7H6O2S.C6H11N2O/c8-6-4-2-1-3-5(6)7(9)10;1-6(9)8-4-3-7(2)5-8/h1-4,8H,(H,9,10);3-6,9H,1-2H3/q;+1/p-1. The zero-order valence-electron chi connectivity index (χ0n) is 10.7. The van der Waals surface area contributed by atoms with E-state index in [1.807, 2.05) is 30.3 Å². The molecule has 102 valence electrons. The molecule has 1 heterocycles. The number of rotatable bonds is 2. The smallest absolute Gasteiger partial charge is 0.245 e. The van der Waals surface area contributed by atoms with Gasteiger partial charge in [-0.2, -0.15) is 0 Å². The van der Waals surface area contributed by atoms with Crippen LogP contribution in [0, 0.1) is 0 Å². The Morgan fingerprint density at radius 2 is 2.05 bits per heavy atom. The normalized spacial score (nSPS) is 11.3. The summed E-state index contributed by atoms with van der Waals surface area (Å²) in [6.07, 6.45) is 5.10. The second kappa shape index (κ2) is 6.86. The number of imidazole rings is 1. The minimum absolute atomic E-state index is 0.0532. The largest absolute Gasteiger partial charge is 0.737 e. The lowest BCUT2D eigenvalue weighted by atomic mass is 10.2. The lowest BCUT2D eigenvalue weighted by Gasteiger charge is -2.04. The van der Waals surface area contributed by atoms with Gasteiger partial charge in [0.1, 0.15) is 18.1 Å². The highest BCUT2D eigenvalue weighted by atomic mass is 32.1. The van der Waals surface area contributed by atoms with Crippen LogP contribution in [0.3, 0.4) is 0 Å². The molecule has 1 atom stereocenters. The van der Waals surface area contributed by atoms with Gasteiger partial charge in [0.25, 0.3) is 0 Å². The Balaban J connectivity index is 0.000000191. The Morgan fingerprint density at radius 1 is 1.42 bits per heavy atom. The summed E-state index contributed by atoms with van der Waals surface area (Å²) in [4.78, 5) is 10.5. The second-order valence-electron chi connectivity index (χ2n) is 3.96. The number of aliphatic hydroxyl groups is 1. The highest BCUT2D eigenvalue weighted by molar-refractivity contribution is 7.77. The van der Waals surface area contributed by atoms with Gasteiger partial charge in [0, 0.05) is 17.6 Å². The quantitative estimate of drug-likeness (QED) is 0.634. The third-order valence-electron chi connectivity index (χ3n) is 2.34. The van der Waals surface area contributed by atoms with Crippen LogP contribution in [0.25, 0.3) is 0 Å². The Labute approximate surface area is 117 Å². The molecule has 0 aliphatic carbocycles. The summed E-state index contributed by atoms with van der Waals surface area (Å²) in [5.74, 6) is -0.0532. The van der Waals surface area contributed by atoms with E-state index < -0.39 is 11.3 Å². The number of aliphatic hydroxyl groups excluding tert-OH is 1. The zero-order valence-corrected chi connectivity index (χ0v) is 11.5. The van der Waals surface area contributed by atoms with Crippen molar-refractivity contribution < 1.29 is 19.6 Å². The number of hydrogen-bond acceptors (Lipinski definition) is 4. The van der Waals surface area contributed by atoms with Crippen LogP contribution in [0.5, 0.6) is 5.75 Å². The number of phenols is 1. The third kappa shape index (κ3) is 4.69. The van der Waals surface area contributed by atoms with Crippen LogP contribution < -0.4 is 4.57 Å². The number of carbonyl (C=O) groups excluding carboxylic acids is 1. The number of phenolic OH excluding ortho intramolecular Hbond substituents is 1. The van der Waals surface area contributed by atoms with Gasteiger partial charge in [0.2, 0.25) is 6.33 Å². The maximum Gasteiger partial charge on any atom is 0.245 e. The second-order valence-corrected chi connectivity index (χ2v) is 4.33. The molecule has 2 aromatic rings. The van der Waals surface area contributed by atoms with E-state index in [0.29, 0.717) is 0 Å². The first-order valence-corrected chi connectivity index (χ1v) is 6.02. The molecular weight excluding hydrogens is 264 g/mol. The van der Waals surface area contributed by atoms with Crippen molar-refractivity contribution in [3.63, 3.8) is 0 Å². The fourth-order valence-electron chi connectivity index (χ4n) is 1.34. The summed E-state index contributed by atoms with van der Waals surface area (Å²) in [5.41, 5.74) is 0.192. The molecule has 0 amide bonds. The number of hydrogen-bond donors (Lipinski definition) is 2. The molecule has 0 saturated heterocycles. The minimum atomic E-state index is -0.530. The van der Waals surface area contributed by atoms with Crippen LogP contribution in [0.4, 0.5) is 0 Å². The Kier molecular flexibility index (Phi) is 5.47. The zero-order chi connectivity index (χ0) is 14.4. The molecule has 0 radical (unpaired) electrons. The first-order valence-electron chi connectivity index (χ1n) is 5.62. The van der Waals surface area contributed by atoms with Gasteiger partial charge in [-0.05, 0) is 12.1 Å². The summed E-state index contributed by atoms with van der Waals surface area (Å²) in [6.45, 7) is 1.72. The minimum Gasteiger partial charge on any atom is -0.737 e.